The van der Waals surface area contributed by atoms with Crippen LogP contribution in [0.15, 0.2) is 34.9 Å². The zero-order chi connectivity index (χ0) is 21.2. The Morgan fingerprint density at radius 1 is 1.14 bits per heavy atom. The number of carbonyl (C=O) groups is 2. The van der Waals surface area contributed by atoms with E-state index in [2.05, 4.69) is 5.16 Å². The largest absolute Gasteiger partial charge is 0.465 e. The van der Waals surface area contributed by atoms with E-state index >= 15 is 0 Å². The number of nitrogens with zero attached hydrogens (tertiary/aromatic N) is 2. The highest BCUT2D eigenvalue weighted by atomic mass is 16.6. The standard InChI is InChI=1S/C22H26N2O5/c1-14-18(20(25)27-5)19(29-23-14)17-8-6-15(7-9-17)16-10-12-24(13-11-16)21(26)28-22(2,3)4/h6-10H,11-13H2,1-5H3. The Morgan fingerprint density at radius 2 is 1.79 bits per heavy atom. The molecule has 29 heavy (non-hydrogen) atoms. The molecule has 0 spiro atoms. The van der Waals surface area contributed by atoms with Crippen LogP contribution in [-0.2, 0) is 9.47 Å². The van der Waals surface area contributed by atoms with Crippen molar-refractivity contribution in [3.05, 3.63) is 47.2 Å². The van der Waals surface area contributed by atoms with Gasteiger partial charge >= 0.3 is 12.1 Å². The van der Waals surface area contributed by atoms with E-state index in [0.29, 0.717) is 30.1 Å². The Kier molecular flexibility index (Phi) is 5.77. The number of ether oxygens (including phenoxy) is 2. The summed E-state index contributed by atoms with van der Waals surface area (Å²) in [5, 5.41) is 3.89. The van der Waals surface area contributed by atoms with Gasteiger partial charge in [0.15, 0.2) is 5.76 Å². The highest BCUT2D eigenvalue weighted by molar-refractivity contribution is 5.96. The molecule has 1 amide bonds. The summed E-state index contributed by atoms with van der Waals surface area (Å²) >= 11 is 0. The van der Waals surface area contributed by atoms with Gasteiger partial charge < -0.3 is 18.9 Å². The number of aromatic nitrogens is 1. The minimum absolute atomic E-state index is 0.292. The van der Waals surface area contributed by atoms with E-state index in [-0.39, 0.29) is 6.09 Å². The van der Waals surface area contributed by atoms with Gasteiger partial charge in [-0.25, -0.2) is 9.59 Å². The minimum Gasteiger partial charge on any atom is -0.465 e. The zero-order valence-electron chi connectivity index (χ0n) is 17.4. The molecule has 0 N–H and O–H groups in total. The Balaban J connectivity index is 1.74. The molecular formula is C22H26N2O5. The van der Waals surface area contributed by atoms with Gasteiger partial charge in [-0.1, -0.05) is 35.5 Å². The Hall–Kier alpha value is -3.09. The predicted octanol–water partition coefficient (Wildman–Crippen LogP) is 4.46. The molecule has 0 saturated heterocycles. The summed E-state index contributed by atoms with van der Waals surface area (Å²) < 4.78 is 15.6. The van der Waals surface area contributed by atoms with Gasteiger partial charge in [-0.05, 0) is 45.3 Å². The first-order chi connectivity index (χ1) is 13.7. The normalized spacial score (nSPS) is 14.4. The summed E-state index contributed by atoms with van der Waals surface area (Å²) in [6.45, 7) is 8.41. The van der Waals surface area contributed by atoms with Crippen LogP contribution in [0.1, 0.15) is 48.8 Å². The first-order valence-corrected chi connectivity index (χ1v) is 9.52. The number of esters is 1. The fourth-order valence-corrected chi connectivity index (χ4v) is 3.17. The lowest BCUT2D eigenvalue weighted by atomic mass is 9.97. The Morgan fingerprint density at radius 3 is 2.34 bits per heavy atom. The van der Waals surface area contributed by atoms with Crippen LogP contribution in [0.5, 0.6) is 0 Å². The van der Waals surface area contributed by atoms with Crippen molar-refractivity contribution in [2.24, 2.45) is 0 Å². The van der Waals surface area contributed by atoms with Crippen LogP contribution in [0.3, 0.4) is 0 Å². The minimum atomic E-state index is -0.501. The van der Waals surface area contributed by atoms with Gasteiger partial charge in [-0.15, -0.1) is 0 Å². The molecule has 7 nitrogen and oxygen atoms in total. The first-order valence-electron chi connectivity index (χ1n) is 9.52. The quantitative estimate of drug-likeness (QED) is 0.710. The summed E-state index contributed by atoms with van der Waals surface area (Å²) in [6.07, 6.45) is 2.49. The van der Waals surface area contributed by atoms with Crippen LogP contribution < -0.4 is 0 Å². The highest BCUT2D eigenvalue weighted by Gasteiger charge is 2.25. The number of hydrogen-bond donors (Lipinski definition) is 0. The molecule has 1 aliphatic rings. The molecule has 0 unspecified atom stereocenters. The lowest BCUT2D eigenvalue weighted by Crippen LogP contribution is -2.39. The van der Waals surface area contributed by atoms with Crippen LogP contribution in [0.25, 0.3) is 16.9 Å². The van der Waals surface area contributed by atoms with Crippen LogP contribution in [0, 0.1) is 6.92 Å². The molecular weight excluding hydrogens is 372 g/mol. The zero-order valence-corrected chi connectivity index (χ0v) is 17.4. The van der Waals surface area contributed by atoms with E-state index in [1.807, 2.05) is 51.1 Å². The van der Waals surface area contributed by atoms with Crippen LogP contribution in [0.4, 0.5) is 4.79 Å². The number of rotatable bonds is 3. The summed E-state index contributed by atoms with van der Waals surface area (Å²) in [7, 11) is 1.33. The van der Waals surface area contributed by atoms with Gasteiger partial charge in [-0.3, -0.25) is 0 Å². The summed E-state index contributed by atoms with van der Waals surface area (Å²) in [6, 6.07) is 7.73. The Bertz CT molecular complexity index is 935. The third kappa shape index (κ3) is 4.67. The molecule has 1 aromatic carbocycles. The third-order valence-corrected chi connectivity index (χ3v) is 4.63. The van der Waals surface area contributed by atoms with Crippen LogP contribution in [0.2, 0.25) is 0 Å². The van der Waals surface area contributed by atoms with Gasteiger partial charge in [0.1, 0.15) is 11.2 Å². The number of methoxy groups -OCH3 is 1. The number of carbonyl (C=O) groups excluding carboxylic acids is 2. The fourth-order valence-electron chi connectivity index (χ4n) is 3.17. The summed E-state index contributed by atoms with van der Waals surface area (Å²) in [4.78, 5) is 25.9. The average molecular weight is 398 g/mol. The maximum atomic E-state index is 12.2. The van der Waals surface area contributed by atoms with Crippen molar-refractivity contribution < 1.29 is 23.6 Å². The van der Waals surface area contributed by atoms with E-state index in [1.54, 1.807) is 11.8 Å². The lowest BCUT2D eigenvalue weighted by molar-refractivity contribution is 0.0270. The molecule has 0 fully saturated rings. The molecule has 7 heteroatoms. The second-order valence-corrected chi connectivity index (χ2v) is 7.95. The van der Waals surface area contributed by atoms with E-state index in [0.717, 1.165) is 17.5 Å². The number of amides is 1. The highest BCUT2D eigenvalue weighted by Crippen LogP contribution is 2.30. The van der Waals surface area contributed by atoms with E-state index in [9.17, 15) is 9.59 Å². The molecule has 0 radical (unpaired) electrons. The van der Waals surface area contributed by atoms with Crippen molar-refractivity contribution in [3.8, 4) is 11.3 Å². The Labute approximate surface area is 170 Å². The second-order valence-electron chi connectivity index (χ2n) is 7.95. The van der Waals surface area contributed by atoms with Gasteiger partial charge in [0, 0.05) is 18.7 Å². The van der Waals surface area contributed by atoms with Crippen molar-refractivity contribution in [2.75, 3.05) is 20.2 Å². The van der Waals surface area contributed by atoms with E-state index < -0.39 is 11.6 Å². The maximum absolute atomic E-state index is 12.2. The van der Waals surface area contributed by atoms with Crippen molar-refractivity contribution in [3.63, 3.8) is 0 Å². The average Bonchev–Trinajstić information content (AvgIpc) is 3.08. The predicted molar refractivity (Wildman–Crippen MR) is 108 cm³/mol. The van der Waals surface area contributed by atoms with Gasteiger partial charge in [0.05, 0.1) is 12.8 Å². The fraction of sp³-hybridized carbons (Fsp3) is 0.409. The van der Waals surface area contributed by atoms with Crippen molar-refractivity contribution in [1.29, 1.82) is 0 Å². The molecule has 154 valence electrons. The van der Waals surface area contributed by atoms with Gasteiger partial charge in [0.2, 0.25) is 0 Å². The SMILES string of the molecule is COC(=O)c1c(C)noc1-c1ccc(C2=CCN(C(=O)OC(C)(C)C)CC2)cc1. The molecule has 0 atom stereocenters. The lowest BCUT2D eigenvalue weighted by Gasteiger charge is -2.29. The summed E-state index contributed by atoms with van der Waals surface area (Å²) in [5.41, 5.74) is 3.31. The smallest absolute Gasteiger partial charge is 0.410 e. The van der Waals surface area contributed by atoms with Crippen molar-refractivity contribution >= 4 is 17.6 Å². The van der Waals surface area contributed by atoms with Gasteiger partial charge in [0.25, 0.3) is 0 Å². The monoisotopic (exact) mass is 398 g/mol. The molecule has 1 aromatic heterocycles. The van der Waals surface area contributed by atoms with Crippen molar-refractivity contribution in [2.45, 2.75) is 39.7 Å². The molecule has 0 saturated carbocycles. The third-order valence-electron chi connectivity index (χ3n) is 4.63. The number of aryl methyl sites for hydroxylation is 1. The molecule has 2 heterocycles. The first kappa shape index (κ1) is 20.6. The van der Waals surface area contributed by atoms with Crippen LogP contribution in [-0.4, -0.2) is 47.9 Å². The number of hydrogen-bond acceptors (Lipinski definition) is 6. The molecule has 2 aromatic rings. The maximum Gasteiger partial charge on any atom is 0.410 e. The van der Waals surface area contributed by atoms with Crippen LogP contribution >= 0.6 is 0 Å². The molecule has 0 aliphatic carbocycles. The topological polar surface area (TPSA) is 81.9 Å². The van der Waals surface area contributed by atoms with Gasteiger partial charge in [-0.2, -0.15) is 0 Å². The van der Waals surface area contributed by atoms with Crippen molar-refractivity contribution in [1.82, 2.24) is 10.1 Å². The second kappa shape index (κ2) is 8.11. The molecule has 3 rings (SSSR count). The van der Waals surface area contributed by atoms with E-state index in [4.69, 9.17) is 14.0 Å². The van der Waals surface area contributed by atoms with E-state index in [1.165, 1.54) is 12.7 Å². The summed E-state index contributed by atoms with van der Waals surface area (Å²) in [5.74, 6) is -0.0744. The molecule has 0 bridgehead atoms. The molecule has 1 aliphatic heterocycles. The number of benzene rings is 1.